The van der Waals surface area contributed by atoms with Crippen molar-refractivity contribution in [3.63, 3.8) is 0 Å². The molecule has 1 saturated carbocycles. The van der Waals surface area contributed by atoms with Crippen LogP contribution in [0, 0.1) is 11.8 Å². The van der Waals surface area contributed by atoms with E-state index in [0.29, 0.717) is 0 Å². The van der Waals surface area contributed by atoms with Crippen LogP contribution >= 0.6 is 0 Å². The summed E-state index contributed by atoms with van der Waals surface area (Å²) >= 11 is 0. The third kappa shape index (κ3) is 2.18. The molecule has 4 rings (SSSR count). The van der Waals surface area contributed by atoms with E-state index < -0.39 is 0 Å². The molecule has 0 amide bonds. The molecule has 1 heterocycles. The first kappa shape index (κ1) is 13.0. The molecule has 2 bridgehead atoms. The summed E-state index contributed by atoms with van der Waals surface area (Å²) in [6.07, 6.45) is 6.21. The maximum Gasteiger partial charge on any atom is 0.0702 e. The van der Waals surface area contributed by atoms with Gasteiger partial charge in [0.1, 0.15) is 0 Å². The van der Waals surface area contributed by atoms with Gasteiger partial charge in [0.25, 0.3) is 0 Å². The van der Waals surface area contributed by atoms with Crippen LogP contribution in [0.5, 0.6) is 0 Å². The highest BCUT2D eigenvalue weighted by molar-refractivity contribution is 5.84. The average molecular weight is 278 g/mol. The van der Waals surface area contributed by atoms with E-state index in [1.807, 2.05) is 0 Å². The second-order valence-corrected chi connectivity index (χ2v) is 6.80. The van der Waals surface area contributed by atoms with Crippen molar-refractivity contribution in [3.8, 4) is 0 Å². The Bertz CT molecular complexity index is 714. The van der Waals surface area contributed by atoms with Crippen molar-refractivity contribution >= 4 is 16.5 Å². The van der Waals surface area contributed by atoms with Gasteiger partial charge < -0.3 is 4.90 Å². The number of hydrogen-bond donors (Lipinski definition) is 0. The molecular formula is C19H22N2. The molecule has 2 heteroatoms. The van der Waals surface area contributed by atoms with Crippen LogP contribution in [-0.2, 0) is 0 Å². The van der Waals surface area contributed by atoms with Gasteiger partial charge in [-0.2, -0.15) is 0 Å². The minimum Gasteiger partial charge on any atom is -0.305 e. The molecule has 2 nitrogen and oxygen atoms in total. The van der Waals surface area contributed by atoms with E-state index >= 15 is 0 Å². The van der Waals surface area contributed by atoms with Crippen molar-refractivity contribution in [3.05, 3.63) is 47.7 Å². The van der Waals surface area contributed by atoms with E-state index in [2.05, 4.69) is 60.5 Å². The summed E-state index contributed by atoms with van der Waals surface area (Å²) in [6, 6.07) is 10.8. The zero-order chi connectivity index (χ0) is 14.4. The molecule has 0 N–H and O–H groups in total. The van der Waals surface area contributed by atoms with E-state index in [1.54, 1.807) is 11.1 Å². The smallest absolute Gasteiger partial charge is 0.0702 e. The molecule has 1 fully saturated rings. The van der Waals surface area contributed by atoms with Gasteiger partial charge in [0, 0.05) is 18.1 Å². The van der Waals surface area contributed by atoms with Gasteiger partial charge >= 0.3 is 0 Å². The van der Waals surface area contributed by atoms with E-state index in [-0.39, 0.29) is 0 Å². The van der Waals surface area contributed by atoms with E-state index in [1.165, 1.54) is 30.2 Å². The molecule has 2 aromatic rings. The minimum absolute atomic E-state index is 0.771. The molecule has 1 aromatic carbocycles. The summed E-state index contributed by atoms with van der Waals surface area (Å²) in [4.78, 5) is 6.99. The summed E-state index contributed by atoms with van der Waals surface area (Å²) < 4.78 is 0. The van der Waals surface area contributed by atoms with Gasteiger partial charge in [-0.1, -0.05) is 18.2 Å². The summed E-state index contributed by atoms with van der Waals surface area (Å²) in [5.74, 6) is 1.59. The van der Waals surface area contributed by atoms with Crippen LogP contribution in [0.15, 0.2) is 42.1 Å². The van der Waals surface area contributed by atoms with Crippen molar-refractivity contribution in [2.24, 2.45) is 11.8 Å². The van der Waals surface area contributed by atoms with Crippen molar-refractivity contribution < 1.29 is 0 Å². The number of aromatic nitrogens is 1. The first-order chi connectivity index (χ1) is 10.2. The SMILES string of the molecule is CN(C)CC1=C(c2cnc3ccccc3c2)C2CCC1C2. The van der Waals surface area contributed by atoms with Crippen molar-refractivity contribution in [1.29, 1.82) is 0 Å². The molecule has 2 unspecified atom stereocenters. The molecule has 0 spiro atoms. The Kier molecular flexibility index (Phi) is 3.07. The molecule has 1 aromatic heterocycles. The van der Waals surface area contributed by atoms with Crippen LogP contribution in [0.2, 0.25) is 0 Å². The lowest BCUT2D eigenvalue weighted by Crippen LogP contribution is -2.19. The third-order valence-corrected chi connectivity index (χ3v) is 5.07. The Balaban J connectivity index is 1.83. The number of para-hydroxylation sites is 1. The quantitative estimate of drug-likeness (QED) is 0.844. The number of hydrogen-bond acceptors (Lipinski definition) is 2. The first-order valence-electron chi connectivity index (χ1n) is 7.95. The maximum atomic E-state index is 4.68. The van der Waals surface area contributed by atoms with Gasteiger partial charge in [0.2, 0.25) is 0 Å². The fraction of sp³-hybridized carbons (Fsp3) is 0.421. The minimum atomic E-state index is 0.771. The fourth-order valence-electron chi connectivity index (χ4n) is 4.24. The molecule has 21 heavy (non-hydrogen) atoms. The normalized spacial score (nSPS) is 24.5. The Hall–Kier alpha value is -1.67. The van der Waals surface area contributed by atoms with Gasteiger partial charge in [0.05, 0.1) is 5.52 Å². The van der Waals surface area contributed by atoms with Crippen LogP contribution in [0.3, 0.4) is 0 Å². The number of benzene rings is 1. The Morgan fingerprint density at radius 3 is 2.81 bits per heavy atom. The number of fused-ring (bicyclic) bond motifs is 3. The van der Waals surface area contributed by atoms with Gasteiger partial charge in [-0.25, -0.2) is 0 Å². The highest BCUT2D eigenvalue weighted by atomic mass is 15.1. The predicted octanol–water partition coefficient (Wildman–Crippen LogP) is 3.98. The Morgan fingerprint density at radius 2 is 1.95 bits per heavy atom. The maximum absolute atomic E-state index is 4.68. The summed E-state index contributed by atoms with van der Waals surface area (Å²) in [6.45, 7) is 1.10. The van der Waals surface area contributed by atoms with Crippen molar-refractivity contribution in [1.82, 2.24) is 9.88 Å². The van der Waals surface area contributed by atoms with Crippen molar-refractivity contribution in [2.75, 3.05) is 20.6 Å². The molecule has 0 aliphatic heterocycles. The number of allylic oxidation sites excluding steroid dienone is 1. The number of pyridine rings is 1. The number of nitrogens with zero attached hydrogens (tertiary/aromatic N) is 2. The topological polar surface area (TPSA) is 16.1 Å². The highest BCUT2D eigenvalue weighted by Crippen LogP contribution is 2.52. The average Bonchev–Trinajstić information content (AvgIpc) is 3.07. The zero-order valence-corrected chi connectivity index (χ0v) is 12.8. The first-order valence-corrected chi connectivity index (χ1v) is 7.95. The molecular weight excluding hydrogens is 256 g/mol. The van der Waals surface area contributed by atoms with Crippen LogP contribution in [0.25, 0.3) is 16.5 Å². The number of rotatable bonds is 3. The highest BCUT2D eigenvalue weighted by Gasteiger charge is 2.39. The van der Waals surface area contributed by atoms with Crippen molar-refractivity contribution in [2.45, 2.75) is 19.3 Å². The van der Waals surface area contributed by atoms with Crippen LogP contribution in [-0.4, -0.2) is 30.5 Å². The van der Waals surface area contributed by atoms with E-state index in [9.17, 15) is 0 Å². The zero-order valence-electron chi connectivity index (χ0n) is 12.8. The molecule has 0 radical (unpaired) electrons. The Morgan fingerprint density at radius 1 is 1.14 bits per heavy atom. The lowest BCUT2D eigenvalue weighted by atomic mass is 9.87. The summed E-state index contributed by atoms with van der Waals surface area (Å²) in [7, 11) is 4.35. The molecule has 0 saturated heterocycles. The van der Waals surface area contributed by atoms with Crippen LogP contribution in [0.4, 0.5) is 0 Å². The monoisotopic (exact) mass is 278 g/mol. The molecule has 2 atom stereocenters. The largest absolute Gasteiger partial charge is 0.305 e. The fourth-order valence-corrected chi connectivity index (χ4v) is 4.24. The second kappa shape index (κ2) is 4.96. The van der Waals surface area contributed by atoms with Gasteiger partial charge in [-0.3, -0.25) is 4.98 Å². The molecule has 108 valence electrons. The van der Waals surface area contributed by atoms with Gasteiger partial charge in [0.15, 0.2) is 0 Å². The van der Waals surface area contributed by atoms with Crippen LogP contribution < -0.4 is 0 Å². The summed E-state index contributed by atoms with van der Waals surface area (Å²) in [5, 5.41) is 1.26. The van der Waals surface area contributed by atoms with E-state index in [4.69, 9.17) is 0 Å². The standard InChI is InChI=1S/C19H22N2/c1-21(2)12-17-13-7-8-15(9-13)19(17)16-10-14-5-3-4-6-18(14)20-11-16/h3-6,10-11,13,15H,7-9,12H2,1-2H3. The lowest BCUT2D eigenvalue weighted by molar-refractivity contribution is 0.423. The van der Waals surface area contributed by atoms with Crippen LogP contribution in [0.1, 0.15) is 24.8 Å². The third-order valence-electron chi connectivity index (χ3n) is 5.07. The lowest BCUT2D eigenvalue weighted by Gasteiger charge is -2.23. The molecule has 2 aliphatic carbocycles. The number of likely N-dealkylation sites (N-methyl/N-ethyl adjacent to an activating group) is 1. The van der Waals surface area contributed by atoms with Gasteiger partial charge in [-0.05, 0) is 74.0 Å². The predicted molar refractivity (Wildman–Crippen MR) is 88.0 cm³/mol. The Labute approximate surface area is 126 Å². The van der Waals surface area contributed by atoms with E-state index in [0.717, 1.165) is 23.9 Å². The summed E-state index contributed by atoms with van der Waals surface area (Å²) in [5.41, 5.74) is 5.74. The molecule has 2 aliphatic rings. The second-order valence-electron chi connectivity index (χ2n) is 6.80. The van der Waals surface area contributed by atoms with Gasteiger partial charge in [-0.15, -0.1) is 0 Å².